The standard InChI is InChI=1S/C18H14ClF2N3O4/c1-27-17(26)9-24(8-11-2-3-13(6-22)23-7-11)16(25)10-28-15-5-12(20)4-14(21)18(15)19/h2-5,7H,8-10H2,1H3. The highest BCUT2D eigenvalue weighted by molar-refractivity contribution is 6.32. The van der Waals surface area contributed by atoms with Crippen molar-refractivity contribution in [3.63, 3.8) is 0 Å². The first-order valence-corrected chi connectivity index (χ1v) is 8.18. The summed E-state index contributed by atoms with van der Waals surface area (Å²) in [6.07, 6.45) is 1.38. The SMILES string of the molecule is COC(=O)CN(Cc1ccc(C#N)nc1)C(=O)COc1cc(F)cc(F)c1Cl. The third-order valence-corrected chi connectivity index (χ3v) is 3.89. The second-order valence-electron chi connectivity index (χ2n) is 5.48. The molecule has 0 saturated carbocycles. The molecule has 2 rings (SSSR count). The Labute approximate surface area is 164 Å². The molecule has 0 saturated heterocycles. The van der Waals surface area contributed by atoms with Gasteiger partial charge in [0.1, 0.15) is 40.7 Å². The summed E-state index contributed by atoms with van der Waals surface area (Å²) in [5.74, 6) is -3.62. The molecule has 10 heteroatoms. The lowest BCUT2D eigenvalue weighted by Crippen LogP contribution is -2.38. The van der Waals surface area contributed by atoms with Crippen LogP contribution < -0.4 is 4.74 Å². The summed E-state index contributed by atoms with van der Waals surface area (Å²) >= 11 is 5.69. The molecule has 0 N–H and O–H groups in total. The Bertz CT molecular complexity index is 916. The molecule has 0 fully saturated rings. The molecule has 0 bridgehead atoms. The van der Waals surface area contributed by atoms with E-state index in [0.717, 1.165) is 11.0 Å². The normalized spacial score (nSPS) is 10.1. The van der Waals surface area contributed by atoms with Gasteiger partial charge in [0.15, 0.2) is 6.61 Å². The number of ether oxygens (including phenoxy) is 2. The van der Waals surface area contributed by atoms with Gasteiger partial charge in [-0.25, -0.2) is 13.8 Å². The van der Waals surface area contributed by atoms with Crippen LogP contribution in [0.4, 0.5) is 8.78 Å². The molecule has 0 aliphatic heterocycles. The number of nitrogens with zero attached hydrogens (tertiary/aromatic N) is 3. The van der Waals surface area contributed by atoms with Gasteiger partial charge in [-0.1, -0.05) is 17.7 Å². The van der Waals surface area contributed by atoms with E-state index in [1.807, 2.05) is 6.07 Å². The average Bonchev–Trinajstić information content (AvgIpc) is 2.69. The van der Waals surface area contributed by atoms with Crippen LogP contribution in [-0.2, 0) is 20.9 Å². The van der Waals surface area contributed by atoms with Crippen molar-refractivity contribution >= 4 is 23.5 Å². The van der Waals surface area contributed by atoms with E-state index in [0.29, 0.717) is 11.6 Å². The number of amides is 1. The largest absolute Gasteiger partial charge is 0.482 e. The predicted molar refractivity (Wildman–Crippen MR) is 93.2 cm³/mol. The minimum atomic E-state index is -1.03. The van der Waals surface area contributed by atoms with Gasteiger partial charge >= 0.3 is 5.97 Å². The highest BCUT2D eigenvalue weighted by Gasteiger charge is 2.20. The smallest absolute Gasteiger partial charge is 0.325 e. The van der Waals surface area contributed by atoms with Crippen molar-refractivity contribution in [2.24, 2.45) is 0 Å². The number of pyridine rings is 1. The quantitative estimate of drug-likeness (QED) is 0.515. The number of methoxy groups -OCH3 is 1. The molecule has 1 aromatic heterocycles. The van der Waals surface area contributed by atoms with Crippen LogP contribution in [0.25, 0.3) is 0 Å². The van der Waals surface area contributed by atoms with Gasteiger partial charge in [-0.05, 0) is 11.6 Å². The molecule has 0 spiro atoms. The second-order valence-corrected chi connectivity index (χ2v) is 5.86. The van der Waals surface area contributed by atoms with E-state index in [9.17, 15) is 18.4 Å². The zero-order valence-electron chi connectivity index (χ0n) is 14.6. The molecule has 0 aliphatic carbocycles. The Hall–Kier alpha value is -3.25. The maximum Gasteiger partial charge on any atom is 0.325 e. The summed E-state index contributed by atoms with van der Waals surface area (Å²) in [6, 6.07) is 6.32. The van der Waals surface area contributed by atoms with E-state index in [1.165, 1.54) is 19.4 Å². The van der Waals surface area contributed by atoms with Crippen LogP contribution in [0.2, 0.25) is 5.02 Å². The molecule has 0 unspecified atom stereocenters. The molecule has 7 nitrogen and oxygen atoms in total. The number of halogens is 3. The number of hydrogen-bond acceptors (Lipinski definition) is 6. The predicted octanol–water partition coefficient (Wildman–Crippen LogP) is 2.47. The monoisotopic (exact) mass is 409 g/mol. The molecule has 1 aromatic carbocycles. The number of nitriles is 1. The fourth-order valence-electron chi connectivity index (χ4n) is 2.13. The number of carbonyl (C=O) groups excluding carboxylic acids is 2. The van der Waals surface area contributed by atoms with Crippen molar-refractivity contribution in [1.82, 2.24) is 9.88 Å². The van der Waals surface area contributed by atoms with Crippen LogP contribution in [0, 0.1) is 23.0 Å². The molecular formula is C18H14ClF2N3O4. The lowest BCUT2D eigenvalue weighted by molar-refractivity contribution is -0.148. The minimum absolute atomic E-state index is 0.0265. The minimum Gasteiger partial charge on any atom is -0.482 e. The van der Waals surface area contributed by atoms with Crippen LogP contribution >= 0.6 is 11.6 Å². The fraction of sp³-hybridized carbons (Fsp3) is 0.222. The van der Waals surface area contributed by atoms with Crippen molar-refractivity contribution in [2.75, 3.05) is 20.3 Å². The van der Waals surface area contributed by atoms with E-state index < -0.39 is 35.1 Å². The zero-order valence-corrected chi connectivity index (χ0v) is 15.4. The topological polar surface area (TPSA) is 92.5 Å². The Morgan fingerprint density at radius 2 is 2.07 bits per heavy atom. The number of benzene rings is 1. The highest BCUT2D eigenvalue weighted by Crippen LogP contribution is 2.28. The van der Waals surface area contributed by atoms with Gasteiger partial charge in [-0.15, -0.1) is 0 Å². The van der Waals surface area contributed by atoms with Crippen molar-refractivity contribution in [3.05, 3.63) is 58.4 Å². The summed E-state index contributed by atoms with van der Waals surface area (Å²) in [6.45, 7) is -1.03. The van der Waals surface area contributed by atoms with Crippen LogP contribution in [0.3, 0.4) is 0 Å². The van der Waals surface area contributed by atoms with Crippen molar-refractivity contribution < 1.29 is 27.8 Å². The third-order valence-electron chi connectivity index (χ3n) is 3.52. The van der Waals surface area contributed by atoms with Crippen LogP contribution in [-0.4, -0.2) is 42.0 Å². The number of rotatable bonds is 7. The Balaban J connectivity index is 2.12. The van der Waals surface area contributed by atoms with Gasteiger partial charge < -0.3 is 14.4 Å². The lowest BCUT2D eigenvalue weighted by atomic mass is 10.2. The van der Waals surface area contributed by atoms with E-state index >= 15 is 0 Å². The van der Waals surface area contributed by atoms with Crippen LogP contribution in [0.5, 0.6) is 5.75 Å². The summed E-state index contributed by atoms with van der Waals surface area (Å²) in [5, 5.41) is 8.30. The summed E-state index contributed by atoms with van der Waals surface area (Å²) in [4.78, 5) is 29.1. The first kappa shape index (κ1) is 21.1. The maximum atomic E-state index is 13.5. The van der Waals surface area contributed by atoms with Gasteiger partial charge in [0, 0.05) is 24.9 Å². The van der Waals surface area contributed by atoms with E-state index in [2.05, 4.69) is 9.72 Å². The molecule has 28 heavy (non-hydrogen) atoms. The number of aromatic nitrogens is 1. The van der Waals surface area contributed by atoms with E-state index in [4.69, 9.17) is 21.6 Å². The summed E-state index contributed by atoms with van der Waals surface area (Å²) in [7, 11) is 1.17. The van der Waals surface area contributed by atoms with Gasteiger partial charge in [0.25, 0.3) is 5.91 Å². The molecule has 1 amide bonds. The number of carbonyl (C=O) groups is 2. The third kappa shape index (κ3) is 5.62. The second kappa shape index (κ2) is 9.62. The molecule has 1 heterocycles. The zero-order chi connectivity index (χ0) is 20.7. The number of hydrogen-bond donors (Lipinski definition) is 0. The van der Waals surface area contributed by atoms with Crippen LogP contribution in [0.15, 0.2) is 30.5 Å². The van der Waals surface area contributed by atoms with Crippen molar-refractivity contribution in [1.29, 1.82) is 5.26 Å². The first-order valence-electron chi connectivity index (χ1n) is 7.81. The first-order chi connectivity index (χ1) is 13.3. The average molecular weight is 410 g/mol. The molecular weight excluding hydrogens is 396 g/mol. The Morgan fingerprint density at radius 1 is 1.32 bits per heavy atom. The van der Waals surface area contributed by atoms with E-state index in [1.54, 1.807) is 6.07 Å². The molecule has 0 aliphatic rings. The number of esters is 1. The Morgan fingerprint density at radius 3 is 2.68 bits per heavy atom. The van der Waals surface area contributed by atoms with E-state index in [-0.39, 0.29) is 24.5 Å². The van der Waals surface area contributed by atoms with Gasteiger partial charge in [0.2, 0.25) is 0 Å². The fourth-order valence-corrected chi connectivity index (χ4v) is 2.29. The van der Waals surface area contributed by atoms with Crippen molar-refractivity contribution in [2.45, 2.75) is 6.54 Å². The summed E-state index contributed by atoms with van der Waals surface area (Å²) in [5.41, 5.74) is 0.742. The molecule has 0 atom stereocenters. The maximum absolute atomic E-state index is 13.5. The lowest BCUT2D eigenvalue weighted by Gasteiger charge is -2.21. The molecule has 0 radical (unpaired) electrons. The highest BCUT2D eigenvalue weighted by atomic mass is 35.5. The summed E-state index contributed by atoms with van der Waals surface area (Å²) < 4.78 is 36.4. The molecule has 2 aromatic rings. The van der Waals surface area contributed by atoms with Gasteiger partial charge in [-0.3, -0.25) is 9.59 Å². The Kier molecular flexibility index (Phi) is 7.23. The van der Waals surface area contributed by atoms with Gasteiger partial charge in [-0.2, -0.15) is 5.26 Å². The molecule has 146 valence electrons. The van der Waals surface area contributed by atoms with Crippen LogP contribution in [0.1, 0.15) is 11.3 Å². The van der Waals surface area contributed by atoms with Gasteiger partial charge in [0.05, 0.1) is 7.11 Å². The van der Waals surface area contributed by atoms with Crippen molar-refractivity contribution in [3.8, 4) is 11.8 Å².